The molecule has 0 aliphatic carbocycles. The van der Waals surface area contributed by atoms with Crippen molar-refractivity contribution in [3.05, 3.63) is 46.6 Å². The minimum absolute atomic E-state index is 0.969. The van der Waals surface area contributed by atoms with Gasteiger partial charge in [0, 0.05) is 12.4 Å². The molecule has 0 bridgehead atoms. The predicted molar refractivity (Wildman–Crippen MR) is 81.8 cm³/mol. The SMILES string of the molecule is CCc1cnc(CC)cn1.Cc1nc(C)c(C)nc1C. The van der Waals surface area contributed by atoms with Crippen molar-refractivity contribution in [1.82, 2.24) is 19.9 Å². The Morgan fingerprint density at radius 3 is 1.15 bits per heavy atom. The van der Waals surface area contributed by atoms with Gasteiger partial charge in [-0.25, -0.2) is 0 Å². The van der Waals surface area contributed by atoms with Crippen LogP contribution in [0.3, 0.4) is 0 Å². The van der Waals surface area contributed by atoms with Crippen LogP contribution in [0.15, 0.2) is 12.4 Å². The van der Waals surface area contributed by atoms with E-state index in [1.54, 1.807) is 0 Å². The van der Waals surface area contributed by atoms with Crippen LogP contribution in [-0.4, -0.2) is 19.9 Å². The molecule has 0 spiro atoms. The summed E-state index contributed by atoms with van der Waals surface area (Å²) >= 11 is 0. The van der Waals surface area contributed by atoms with E-state index >= 15 is 0 Å². The molecule has 0 saturated heterocycles. The monoisotopic (exact) mass is 272 g/mol. The maximum absolute atomic E-state index is 4.31. The van der Waals surface area contributed by atoms with Crippen LogP contribution < -0.4 is 0 Å². The molecule has 2 aromatic heterocycles. The lowest BCUT2D eigenvalue weighted by atomic mass is 10.3. The summed E-state index contributed by atoms with van der Waals surface area (Å²) in [5, 5.41) is 0. The summed E-state index contributed by atoms with van der Waals surface area (Å²) in [7, 11) is 0. The van der Waals surface area contributed by atoms with Crippen molar-refractivity contribution in [2.24, 2.45) is 0 Å². The van der Waals surface area contributed by atoms with Gasteiger partial charge in [0.15, 0.2) is 0 Å². The van der Waals surface area contributed by atoms with Crippen LogP contribution in [0.4, 0.5) is 0 Å². The normalized spacial score (nSPS) is 9.90. The van der Waals surface area contributed by atoms with E-state index in [0.717, 1.165) is 47.0 Å². The fourth-order valence-corrected chi connectivity index (χ4v) is 1.57. The summed E-state index contributed by atoms with van der Waals surface area (Å²) in [4.78, 5) is 17.0. The predicted octanol–water partition coefficient (Wildman–Crippen LogP) is 3.31. The van der Waals surface area contributed by atoms with E-state index < -0.39 is 0 Å². The minimum atomic E-state index is 0.969. The average Bonchev–Trinajstić information content (AvgIpc) is 2.46. The van der Waals surface area contributed by atoms with E-state index in [-0.39, 0.29) is 0 Å². The van der Waals surface area contributed by atoms with Gasteiger partial charge in [-0.3, -0.25) is 19.9 Å². The third-order valence-electron chi connectivity index (χ3n) is 3.20. The molecule has 0 fully saturated rings. The molecule has 0 N–H and O–H groups in total. The van der Waals surface area contributed by atoms with Crippen molar-refractivity contribution in [3.63, 3.8) is 0 Å². The molecule has 108 valence electrons. The molecule has 2 aromatic rings. The van der Waals surface area contributed by atoms with Crippen molar-refractivity contribution in [2.75, 3.05) is 0 Å². The first-order chi connectivity index (χ1) is 9.47. The third-order valence-corrected chi connectivity index (χ3v) is 3.20. The van der Waals surface area contributed by atoms with Crippen LogP contribution in [0.5, 0.6) is 0 Å². The molecule has 4 heteroatoms. The zero-order valence-electron chi connectivity index (χ0n) is 13.4. The standard InChI is InChI=1S/2C8H12N2/c1-5-6(2)10-8(4)7(3)9-5;1-3-7-5-10-8(4-2)6-9-7/h1-4H3;5-6H,3-4H2,1-2H3. The smallest absolute Gasteiger partial charge is 0.0588 e. The Balaban J connectivity index is 0.000000200. The molecule has 4 nitrogen and oxygen atoms in total. The molecular formula is C16H24N4. The summed E-state index contributed by atoms with van der Waals surface area (Å²) in [6.45, 7) is 12.1. The summed E-state index contributed by atoms with van der Waals surface area (Å²) in [5.41, 5.74) is 6.26. The lowest BCUT2D eigenvalue weighted by molar-refractivity contribution is 0.936. The zero-order chi connectivity index (χ0) is 15.1. The van der Waals surface area contributed by atoms with E-state index in [1.165, 1.54) is 0 Å². The number of hydrogen-bond acceptors (Lipinski definition) is 4. The Morgan fingerprint density at radius 1 is 0.650 bits per heavy atom. The maximum atomic E-state index is 4.31. The summed E-state index contributed by atoms with van der Waals surface area (Å²) in [6, 6.07) is 0. The number of nitrogens with zero attached hydrogens (tertiary/aromatic N) is 4. The summed E-state index contributed by atoms with van der Waals surface area (Å²) in [6.07, 6.45) is 5.63. The van der Waals surface area contributed by atoms with E-state index in [2.05, 4.69) is 33.8 Å². The van der Waals surface area contributed by atoms with Crippen LogP contribution in [0.2, 0.25) is 0 Å². The van der Waals surface area contributed by atoms with Crippen LogP contribution >= 0.6 is 0 Å². The Bertz CT molecular complexity index is 474. The lowest BCUT2D eigenvalue weighted by Crippen LogP contribution is -1.97. The van der Waals surface area contributed by atoms with Gasteiger partial charge in [0.05, 0.1) is 34.2 Å². The number of rotatable bonds is 2. The van der Waals surface area contributed by atoms with Crippen LogP contribution in [0.25, 0.3) is 0 Å². The topological polar surface area (TPSA) is 51.6 Å². The van der Waals surface area contributed by atoms with Gasteiger partial charge >= 0.3 is 0 Å². The molecule has 2 heterocycles. The molecule has 20 heavy (non-hydrogen) atoms. The molecule has 0 amide bonds. The Hall–Kier alpha value is -1.84. The van der Waals surface area contributed by atoms with E-state index in [1.807, 2.05) is 40.1 Å². The van der Waals surface area contributed by atoms with Crippen molar-refractivity contribution in [1.29, 1.82) is 0 Å². The first-order valence-electron chi connectivity index (χ1n) is 7.06. The highest BCUT2D eigenvalue weighted by Gasteiger charge is 1.98. The Morgan fingerprint density at radius 2 is 0.950 bits per heavy atom. The van der Waals surface area contributed by atoms with Gasteiger partial charge in [0.2, 0.25) is 0 Å². The van der Waals surface area contributed by atoms with E-state index in [0.29, 0.717) is 0 Å². The largest absolute Gasteiger partial charge is 0.258 e. The first-order valence-corrected chi connectivity index (χ1v) is 7.06. The van der Waals surface area contributed by atoms with Gasteiger partial charge in [-0.05, 0) is 40.5 Å². The van der Waals surface area contributed by atoms with Gasteiger partial charge < -0.3 is 0 Å². The highest BCUT2D eigenvalue weighted by Crippen LogP contribution is 2.04. The molecule has 2 rings (SSSR count). The van der Waals surface area contributed by atoms with Crippen LogP contribution in [0.1, 0.15) is 48.0 Å². The summed E-state index contributed by atoms with van der Waals surface area (Å²) in [5.74, 6) is 0. The number of aryl methyl sites for hydroxylation is 6. The van der Waals surface area contributed by atoms with Gasteiger partial charge in [-0.1, -0.05) is 13.8 Å². The highest BCUT2D eigenvalue weighted by atomic mass is 14.8. The molecule has 0 unspecified atom stereocenters. The fourth-order valence-electron chi connectivity index (χ4n) is 1.57. The molecule has 0 aliphatic rings. The zero-order valence-corrected chi connectivity index (χ0v) is 13.4. The van der Waals surface area contributed by atoms with Gasteiger partial charge in [0.25, 0.3) is 0 Å². The number of hydrogen-bond donors (Lipinski definition) is 0. The van der Waals surface area contributed by atoms with Crippen molar-refractivity contribution < 1.29 is 0 Å². The Kier molecular flexibility index (Phi) is 6.22. The Labute approximate surface area is 121 Å². The van der Waals surface area contributed by atoms with E-state index in [4.69, 9.17) is 0 Å². The molecular weight excluding hydrogens is 248 g/mol. The second-order valence-electron chi connectivity index (χ2n) is 4.77. The quantitative estimate of drug-likeness (QED) is 0.841. The molecule has 0 atom stereocenters. The molecule has 0 aromatic carbocycles. The molecule has 0 radical (unpaired) electrons. The first kappa shape index (κ1) is 16.2. The average molecular weight is 272 g/mol. The third kappa shape index (κ3) is 4.68. The van der Waals surface area contributed by atoms with Crippen LogP contribution in [-0.2, 0) is 12.8 Å². The fraction of sp³-hybridized carbons (Fsp3) is 0.500. The second kappa shape index (κ2) is 7.68. The second-order valence-corrected chi connectivity index (χ2v) is 4.77. The van der Waals surface area contributed by atoms with E-state index in [9.17, 15) is 0 Å². The highest BCUT2D eigenvalue weighted by molar-refractivity contribution is 5.16. The van der Waals surface area contributed by atoms with Crippen LogP contribution in [0, 0.1) is 27.7 Å². The number of aromatic nitrogens is 4. The van der Waals surface area contributed by atoms with Gasteiger partial charge in [-0.15, -0.1) is 0 Å². The van der Waals surface area contributed by atoms with Gasteiger partial charge in [0.1, 0.15) is 0 Å². The van der Waals surface area contributed by atoms with Crippen molar-refractivity contribution in [2.45, 2.75) is 54.4 Å². The summed E-state index contributed by atoms with van der Waals surface area (Å²) < 4.78 is 0. The lowest BCUT2D eigenvalue weighted by Gasteiger charge is -2.01. The maximum Gasteiger partial charge on any atom is 0.0588 e. The molecule has 0 aliphatic heterocycles. The minimum Gasteiger partial charge on any atom is -0.258 e. The van der Waals surface area contributed by atoms with Gasteiger partial charge in [-0.2, -0.15) is 0 Å². The van der Waals surface area contributed by atoms with Crippen molar-refractivity contribution in [3.8, 4) is 0 Å². The van der Waals surface area contributed by atoms with Crippen molar-refractivity contribution >= 4 is 0 Å². The molecule has 0 saturated carbocycles.